The van der Waals surface area contributed by atoms with Crippen LogP contribution in [0.4, 0.5) is 15.8 Å². The monoisotopic (exact) mass is 392 g/mol. The summed E-state index contributed by atoms with van der Waals surface area (Å²) in [5.74, 6) is -1.87. The number of nitrogens with two attached hydrogens (primary N) is 1. The van der Waals surface area contributed by atoms with Gasteiger partial charge in [0.05, 0.1) is 12.3 Å². The van der Waals surface area contributed by atoms with E-state index in [1.807, 2.05) is 0 Å². The van der Waals surface area contributed by atoms with Crippen molar-refractivity contribution in [2.24, 2.45) is 11.7 Å². The summed E-state index contributed by atoms with van der Waals surface area (Å²) in [5, 5.41) is 2.55. The summed E-state index contributed by atoms with van der Waals surface area (Å²) in [6.07, 6.45) is 3.30. The zero-order chi connectivity index (χ0) is 20.3. The van der Waals surface area contributed by atoms with Gasteiger partial charge in [-0.05, 0) is 44.0 Å². The number of likely N-dealkylation sites (N-methyl/N-ethyl adjacent to an activating group) is 1. The molecule has 3 amide bonds. The summed E-state index contributed by atoms with van der Waals surface area (Å²) in [5.41, 5.74) is 5.74. The molecule has 1 aromatic carbocycles. The number of benzene rings is 1. The number of amides is 3. The van der Waals surface area contributed by atoms with Crippen molar-refractivity contribution in [3.8, 4) is 0 Å². The summed E-state index contributed by atoms with van der Waals surface area (Å²) in [6, 6.07) is 2.90. The average molecular weight is 392 g/mol. The molecule has 8 nitrogen and oxygen atoms in total. The molecule has 3 N–H and O–H groups in total. The highest BCUT2D eigenvalue weighted by molar-refractivity contribution is 6.09. The van der Waals surface area contributed by atoms with Crippen LogP contribution in [0.3, 0.4) is 0 Å². The predicted octanol–water partition coefficient (Wildman–Crippen LogP) is 0.713. The molecule has 1 aliphatic heterocycles. The topological polar surface area (TPSA) is 105 Å². The van der Waals surface area contributed by atoms with Crippen molar-refractivity contribution >= 4 is 29.1 Å². The maximum atomic E-state index is 14.5. The molecule has 1 saturated heterocycles. The van der Waals surface area contributed by atoms with Crippen LogP contribution in [-0.2, 0) is 19.1 Å². The fourth-order valence-electron chi connectivity index (χ4n) is 3.52. The van der Waals surface area contributed by atoms with Gasteiger partial charge in [-0.25, -0.2) is 4.39 Å². The molecule has 1 atom stereocenters. The molecule has 0 unspecified atom stereocenters. The number of halogens is 1. The average Bonchev–Trinajstić information content (AvgIpc) is 2.59. The van der Waals surface area contributed by atoms with E-state index in [1.54, 1.807) is 11.9 Å². The third kappa shape index (κ3) is 4.48. The van der Waals surface area contributed by atoms with Crippen molar-refractivity contribution in [2.45, 2.75) is 25.3 Å². The van der Waals surface area contributed by atoms with Crippen LogP contribution >= 0.6 is 0 Å². The fourth-order valence-corrected chi connectivity index (χ4v) is 3.52. The number of rotatable bonds is 7. The third-order valence-corrected chi connectivity index (χ3v) is 5.22. The van der Waals surface area contributed by atoms with Crippen LogP contribution in [0.1, 0.15) is 19.3 Å². The molecule has 28 heavy (non-hydrogen) atoms. The van der Waals surface area contributed by atoms with E-state index < -0.39 is 23.7 Å². The van der Waals surface area contributed by atoms with E-state index in [2.05, 4.69) is 5.32 Å². The molecular weight excluding hydrogens is 367 g/mol. The number of hydrogen-bond donors (Lipinski definition) is 2. The van der Waals surface area contributed by atoms with Crippen LogP contribution in [0, 0.1) is 11.7 Å². The number of morpholine rings is 1. The van der Waals surface area contributed by atoms with Gasteiger partial charge in [0.2, 0.25) is 5.91 Å². The SMILES string of the molecule is CN(CC1CCC1)[C@@H](C(N)=O)C(=O)Nc1ccc(N2CCOCC2=O)c(F)c1. The maximum absolute atomic E-state index is 14.5. The third-order valence-electron chi connectivity index (χ3n) is 5.22. The van der Waals surface area contributed by atoms with Crippen LogP contribution < -0.4 is 16.0 Å². The van der Waals surface area contributed by atoms with Gasteiger partial charge in [0.25, 0.3) is 11.8 Å². The van der Waals surface area contributed by atoms with Gasteiger partial charge in [-0.1, -0.05) is 6.42 Å². The number of anilines is 2. The Balaban J connectivity index is 1.68. The number of primary amides is 1. The molecule has 152 valence electrons. The van der Waals surface area contributed by atoms with Crippen LogP contribution in [-0.4, -0.2) is 62.0 Å². The van der Waals surface area contributed by atoms with Gasteiger partial charge in [0.15, 0.2) is 6.04 Å². The molecule has 2 fully saturated rings. The highest BCUT2D eigenvalue weighted by Crippen LogP contribution is 2.28. The second-order valence-electron chi connectivity index (χ2n) is 7.29. The molecule has 1 aromatic rings. The molecule has 3 rings (SSSR count). The number of carbonyl (C=O) groups excluding carboxylic acids is 3. The van der Waals surface area contributed by atoms with E-state index in [0.717, 1.165) is 25.3 Å². The van der Waals surface area contributed by atoms with E-state index in [-0.39, 0.29) is 30.4 Å². The lowest BCUT2D eigenvalue weighted by molar-refractivity contribution is -0.132. The standard InChI is InChI=1S/C19H25FN4O4/c1-23(10-12-3-2-4-12)17(18(21)26)19(27)22-13-5-6-15(14(20)9-13)24-7-8-28-11-16(24)25/h5-6,9,12,17H,2-4,7-8,10-11H2,1H3,(H2,21,26)(H,22,27)/t17-/m0/s1. The van der Waals surface area contributed by atoms with Gasteiger partial charge in [-0.2, -0.15) is 0 Å². The van der Waals surface area contributed by atoms with Crippen molar-refractivity contribution in [2.75, 3.05) is 43.6 Å². The Morgan fingerprint density at radius 2 is 2.18 bits per heavy atom. The minimum atomic E-state index is -1.14. The first kappa shape index (κ1) is 20.2. The van der Waals surface area contributed by atoms with E-state index in [0.29, 0.717) is 19.1 Å². The van der Waals surface area contributed by atoms with Gasteiger partial charge < -0.3 is 20.7 Å². The van der Waals surface area contributed by atoms with E-state index in [1.165, 1.54) is 17.0 Å². The Labute approximate surface area is 162 Å². The van der Waals surface area contributed by atoms with E-state index in [9.17, 15) is 18.8 Å². The minimum absolute atomic E-state index is 0.0917. The molecular formula is C19H25FN4O4. The van der Waals surface area contributed by atoms with Crippen molar-refractivity contribution < 1.29 is 23.5 Å². The molecule has 1 saturated carbocycles. The van der Waals surface area contributed by atoms with Crippen LogP contribution in [0.15, 0.2) is 18.2 Å². The number of carbonyl (C=O) groups is 3. The first-order valence-electron chi connectivity index (χ1n) is 9.35. The van der Waals surface area contributed by atoms with E-state index >= 15 is 0 Å². The number of hydrogen-bond acceptors (Lipinski definition) is 5. The summed E-state index contributed by atoms with van der Waals surface area (Å²) < 4.78 is 19.6. The largest absolute Gasteiger partial charge is 0.370 e. The van der Waals surface area contributed by atoms with Gasteiger partial charge in [-0.15, -0.1) is 0 Å². The zero-order valence-corrected chi connectivity index (χ0v) is 15.8. The van der Waals surface area contributed by atoms with Crippen LogP contribution in [0.25, 0.3) is 0 Å². The second kappa shape index (κ2) is 8.66. The Morgan fingerprint density at radius 3 is 2.75 bits per heavy atom. The lowest BCUT2D eigenvalue weighted by Crippen LogP contribution is -2.52. The van der Waals surface area contributed by atoms with Gasteiger partial charge in [-0.3, -0.25) is 19.3 Å². The number of nitrogens with zero attached hydrogens (tertiary/aromatic N) is 2. The Kier molecular flexibility index (Phi) is 6.25. The highest BCUT2D eigenvalue weighted by atomic mass is 19.1. The number of ether oxygens (including phenoxy) is 1. The molecule has 1 heterocycles. The highest BCUT2D eigenvalue weighted by Gasteiger charge is 2.32. The van der Waals surface area contributed by atoms with Crippen molar-refractivity contribution in [3.63, 3.8) is 0 Å². The zero-order valence-electron chi connectivity index (χ0n) is 15.8. The predicted molar refractivity (Wildman–Crippen MR) is 101 cm³/mol. The second-order valence-corrected chi connectivity index (χ2v) is 7.29. The Hall–Kier alpha value is -2.52. The van der Waals surface area contributed by atoms with Crippen molar-refractivity contribution in [1.29, 1.82) is 0 Å². The molecule has 9 heteroatoms. The first-order chi connectivity index (χ1) is 13.4. The van der Waals surface area contributed by atoms with Crippen LogP contribution in [0.2, 0.25) is 0 Å². The Morgan fingerprint density at radius 1 is 1.43 bits per heavy atom. The summed E-state index contributed by atoms with van der Waals surface area (Å²) in [6.45, 7) is 1.10. The van der Waals surface area contributed by atoms with Gasteiger partial charge in [0.1, 0.15) is 12.4 Å². The quantitative estimate of drug-likeness (QED) is 0.665. The summed E-state index contributed by atoms with van der Waals surface area (Å²) in [4.78, 5) is 39.2. The molecule has 0 radical (unpaired) electrons. The number of nitrogens with one attached hydrogen (secondary N) is 1. The molecule has 0 aromatic heterocycles. The maximum Gasteiger partial charge on any atom is 0.253 e. The van der Waals surface area contributed by atoms with Gasteiger partial charge >= 0.3 is 0 Å². The minimum Gasteiger partial charge on any atom is -0.370 e. The molecule has 0 spiro atoms. The Bertz CT molecular complexity index is 768. The van der Waals surface area contributed by atoms with E-state index in [4.69, 9.17) is 10.5 Å². The summed E-state index contributed by atoms with van der Waals surface area (Å²) >= 11 is 0. The lowest BCUT2D eigenvalue weighted by Gasteiger charge is -2.33. The van der Waals surface area contributed by atoms with Gasteiger partial charge in [0, 0.05) is 18.8 Å². The molecule has 2 aliphatic rings. The lowest BCUT2D eigenvalue weighted by atomic mass is 9.85. The van der Waals surface area contributed by atoms with Crippen molar-refractivity contribution in [3.05, 3.63) is 24.0 Å². The fraction of sp³-hybridized carbons (Fsp3) is 0.526. The summed E-state index contributed by atoms with van der Waals surface area (Å²) in [7, 11) is 1.68. The molecule has 1 aliphatic carbocycles. The first-order valence-corrected chi connectivity index (χ1v) is 9.35. The smallest absolute Gasteiger partial charge is 0.253 e. The van der Waals surface area contributed by atoms with Crippen molar-refractivity contribution in [1.82, 2.24) is 4.90 Å². The normalized spacial score (nSPS) is 18.7. The molecule has 0 bridgehead atoms. The van der Waals surface area contributed by atoms with Crippen LogP contribution in [0.5, 0.6) is 0 Å².